The van der Waals surface area contributed by atoms with Gasteiger partial charge in [0.05, 0.1) is 10.5 Å². The SMILES string of the molecule is CC(C)CN(C(=O)c1cccc([N+](=O)[O-])c1O)C(C)C. The average Bonchev–Trinajstić information content (AvgIpc) is 2.34. The molecule has 1 rings (SSSR count). The lowest BCUT2D eigenvalue weighted by atomic mass is 10.1. The molecule has 1 aromatic rings. The minimum atomic E-state index is -0.700. The summed E-state index contributed by atoms with van der Waals surface area (Å²) in [4.78, 5) is 24.2. The highest BCUT2D eigenvalue weighted by Crippen LogP contribution is 2.30. The van der Waals surface area contributed by atoms with Crippen LogP contribution in [0.5, 0.6) is 5.75 Å². The Morgan fingerprint density at radius 2 is 1.95 bits per heavy atom. The Kier molecular flexibility index (Phi) is 5.07. The van der Waals surface area contributed by atoms with E-state index in [-0.39, 0.29) is 17.5 Å². The maximum atomic E-state index is 12.5. The van der Waals surface area contributed by atoms with Gasteiger partial charge in [-0.05, 0) is 25.8 Å². The first kappa shape index (κ1) is 15.9. The zero-order chi connectivity index (χ0) is 15.4. The van der Waals surface area contributed by atoms with E-state index in [9.17, 15) is 20.0 Å². The molecule has 1 amide bonds. The van der Waals surface area contributed by atoms with Crippen LogP contribution >= 0.6 is 0 Å². The summed E-state index contributed by atoms with van der Waals surface area (Å²) < 4.78 is 0. The molecule has 0 aromatic heterocycles. The lowest BCUT2D eigenvalue weighted by Gasteiger charge is -2.28. The van der Waals surface area contributed by atoms with Gasteiger partial charge < -0.3 is 10.0 Å². The Bertz CT molecular complexity index is 512. The number of carbonyl (C=O) groups is 1. The molecule has 6 nitrogen and oxygen atoms in total. The largest absolute Gasteiger partial charge is 0.502 e. The molecule has 20 heavy (non-hydrogen) atoms. The number of aromatic hydroxyl groups is 1. The first-order chi connectivity index (χ1) is 9.25. The molecule has 110 valence electrons. The summed E-state index contributed by atoms with van der Waals surface area (Å²) in [5.41, 5.74) is -0.488. The van der Waals surface area contributed by atoms with Gasteiger partial charge in [-0.2, -0.15) is 0 Å². The number of carbonyl (C=O) groups excluding carboxylic acids is 1. The minimum absolute atomic E-state index is 0.0338. The number of hydrogen-bond donors (Lipinski definition) is 1. The van der Waals surface area contributed by atoms with Crippen LogP contribution in [0.4, 0.5) is 5.69 Å². The summed E-state index contributed by atoms with van der Waals surface area (Å²) in [6.45, 7) is 8.23. The van der Waals surface area contributed by atoms with Crippen LogP contribution in [-0.2, 0) is 0 Å². The van der Waals surface area contributed by atoms with E-state index >= 15 is 0 Å². The van der Waals surface area contributed by atoms with Gasteiger partial charge in [-0.1, -0.05) is 19.9 Å². The Hall–Kier alpha value is -2.11. The average molecular weight is 280 g/mol. The number of benzene rings is 1. The van der Waals surface area contributed by atoms with Gasteiger partial charge in [-0.3, -0.25) is 14.9 Å². The molecule has 0 bridgehead atoms. The highest BCUT2D eigenvalue weighted by molar-refractivity contribution is 5.98. The lowest BCUT2D eigenvalue weighted by molar-refractivity contribution is -0.385. The lowest BCUT2D eigenvalue weighted by Crippen LogP contribution is -2.39. The zero-order valence-corrected chi connectivity index (χ0v) is 12.2. The van der Waals surface area contributed by atoms with E-state index < -0.39 is 22.3 Å². The molecule has 0 unspecified atom stereocenters. The van der Waals surface area contributed by atoms with Gasteiger partial charge in [0.1, 0.15) is 0 Å². The number of rotatable bonds is 5. The highest BCUT2D eigenvalue weighted by atomic mass is 16.6. The summed E-state index contributed by atoms with van der Waals surface area (Å²) in [7, 11) is 0. The second kappa shape index (κ2) is 6.36. The van der Waals surface area contributed by atoms with Crippen LogP contribution in [0.2, 0.25) is 0 Å². The summed E-state index contributed by atoms with van der Waals surface area (Å²) in [6.07, 6.45) is 0. The first-order valence-electron chi connectivity index (χ1n) is 6.53. The van der Waals surface area contributed by atoms with E-state index in [1.54, 1.807) is 4.90 Å². The Labute approximate surface area is 118 Å². The van der Waals surface area contributed by atoms with Gasteiger partial charge in [-0.15, -0.1) is 0 Å². The number of nitrogens with zero attached hydrogens (tertiary/aromatic N) is 2. The highest BCUT2D eigenvalue weighted by Gasteiger charge is 2.26. The molecule has 0 saturated heterocycles. The van der Waals surface area contributed by atoms with Crippen LogP contribution in [-0.4, -0.2) is 33.4 Å². The maximum absolute atomic E-state index is 12.5. The van der Waals surface area contributed by atoms with Crippen LogP contribution in [0.3, 0.4) is 0 Å². The fourth-order valence-corrected chi connectivity index (χ4v) is 1.93. The minimum Gasteiger partial charge on any atom is -0.502 e. The fourth-order valence-electron chi connectivity index (χ4n) is 1.93. The van der Waals surface area contributed by atoms with Crippen molar-refractivity contribution in [2.75, 3.05) is 6.54 Å². The third-order valence-corrected chi connectivity index (χ3v) is 2.89. The molecule has 0 spiro atoms. The predicted molar refractivity (Wildman–Crippen MR) is 75.8 cm³/mol. The number of phenols is 1. The third kappa shape index (κ3) is 3.46. The van der Waals surface area contributed by atoms with E-state index in [0.717, 1.165) is 0 Å². The van der Waals surface area contributed by atoms with Crippen molar-refractivity contribution in [3.63, 3.8) is 0 Å². The predicted octanol–water partition coefficient (Wildman–Crippen LogP) is 2.81. The van der Waals surface area contributed by atoms with Crippen LogP contribution in [0.1, 0.15) is 38.1 Å². The smallest absolute Gasteiger partial charge is 0.311 e. The van der Waals surface area contributed by atoms with Crippen molar-refractivity contribution < 1.29 is 14.8 Å². The number of nitro groups is 1. The molecule has 1 N–H and O–H groups in total. The molecule has 0 fully saturated rings. The van der Waals surface area contributed by atoms with Crippen molar-refractivity contribution in [2.24, 2.45) is 5.92 Å². The molecule has 0 saturated carbocycles. The summed E-state index contributed by atoms with van der Waals surface area (Å²) >= 11 is 0. The molecule has 1 aromatic carbocycles. The summed E-state index contributed by atoms with van der Waals surface area (Å²) in [5.74, 6) is -0.700. The van der Waals surface area contributed by atoms with Crippen molar-refractivity contribution >= 4 is 11.6 Å². The zero-order valence-electron chi connectivity index (χ0n) is 12.2. The van der Waals surface area contributed by atoms with Gasteiger partial charge in [0.15, 0.2) is 0 Å². The standard InChI is InChI=1S/C14H20N2O4/c1-9(2)8-15(10(3)4)14(18)11-6-5-7-12(13(11)17)16(19)20/h5-7,9-10,17H,8H2,1-4H3. The fraction of sp³-hybridized carbons (Fsp3) is 0.500. The maximum Gasteiger partial charge on any atom is 0.311 e. The van der Waals surface area contributed by atoms with Crippen molar-refractivity contribution in [1.29, 1.82) is 0 Å². The van der Waals surface area contributed by atoms with Crippen LogP contribution in [0.25, 0.3) is 0 Å². The second-order valence-corrected chi connectivity index (χ2v) is 5.38. The monoisotopic (exact) mass is 280 g/mol. The van der Waals surface area contributed by atoms with E-state index in [4.69, 9.17) is 0 Å². The molecule has 0 radical (unpaired) electrons. The molecule has 6 heteroatoms. The normalized spacial score (nSPS) is 10.9. The molecule has 0 aliphatic carbocycles. The van der Waals surface area contributed by atoms with Gasteiger partial charge in [-0.25, -0.2) is 0 Å². The van der Waals surface area contributed by atoms with Crippen molar-refractivity contribution in [3.05, 3.63) is 33.9 Å². The van der Waals surface area contributed by atoms with Crippen molar-refractivity contribution in [1.82, 2.24) is 4.90 Å². The van der Waals surface area contributed by atoms with E-state index in [1.165, 1.54) is 18.2 Å². The molecule has 0 atom stereocenters. The van der Waals surface area contributed by atoms with Crippen molar-refractivity contribution in [2.45, 2.75) is 33.7 Å². The molecule has 0 aliphatic heterocycles. The number of para-hydroxylation sites is 1. The van der Waals surface area contributed by atoms with Gasteiger partial charge in [0.25, 0.3) is 5.91 Å². The number of amides is 1. The van der Waals surface area contributed by atoms with Crippen LogP contribution in [0.15, 0.2) is 18.2 Å². The number of nitro benzene ring substituents is 1. The molecular formula is C14H20N2O4. The number of hydrogen-bond acceptors (Lipinski definition) is 4. The summed E-state index contributed by atoms with van der Waals surface area (Å²) in [6, 6.07) is 3.93. The Morgan fingerprint density at radius 1 is 1.35 bits per heavy atom. The molecule has 0 aliphatic rings. The van der Waals surface area contributed by atoms with Crippen LogP contribution < -0.4 is 0 Å². The Balaban J connectivity index is 3.19. The van der Waals surface area contributed by atoms with Gasteiger partial charge in [0, 0.05) is 18.7 Å². The number of phenolic OH excluding ortho intramolecular Hbond substituents is 1. The molecular weight excluding hydrogens is 260 g/mol. The van der Waals surface area contributed by atoms with Crippen LogP contribution in [0, 0.1) is 16.0 Å². The van der Waals surface area contributed by atoms with Crippen molar-refractivity contribution in [3.8, 4) is 5.75 Å². The topological polar surface area (TPSA) is 83.7 Å². The molecule has 0 heterocycles. The summed E-state index contributed by atoms with van der Waals surface area (Å²) in [5, 5.41) is 20.7. The second-order valence-electron chi connectivity index (χ2n) is 5.38. The van der Waals surface area contributed by atoms with Gasteiger partial charge in [0.2, 0.25) is 5.75 Å². The van der Waals surface area contributed by atoms with E-state index in [0.29, 0.717) is 6.54 Å². The third-order valence-electron chi connectivity index (χ3n) is 2.89. The Morgan fingerprint density at radius 3 is 2.40 bits per heavy atom. The quantitative estimate of drug-likeness (QED) is 0.664. The van der Waals surface area contributed by atoms with E-state index in [2.05, 4.69) is 0 Å². The first-order valence-corrected chi connectivity index (χ1v) is 6.53. The van der Waals surface area contributed by atoms with E-state index in [1.807, 2.05) is 27.7 Å². The van der Waals surface area contributed by atoms with Gasteiger partial charge >= 0.3 is 5.69 Å².